The van der Waals surface area contributed by atoms with Gasteiger partial charge in [0.15, 0.2) is 5.43 Å². The van der Waals surface area contributed by atoms with Crippen molar-refractivity contribution >= 4 is 0 Å². The first-order chi connectivity index (χ1) is 8.74. The first-order valence-corrected chi connectivity index (χ1v) is 7.20. The first-order valence-electron chi connectivity index (χ1n) is 7.20. The van der Waals surface area contributed by atoms with Crippen molar-refractivity contribution in [3.05, 3.63) is 33.7 Å². The molecule has 0 spiro atoms. The average Bonchev–Trinajstić information content (AvgIpc) is 2.98. The van der Waals surface area contributed by atoms with Crippen LogP contribution < -0.4 is 5.43 Å². The molecule has 2 aliphatic rings. The Morgan fingerprint density at radius 1 is 1.17 bits per heavy atom. The van der Waals surface area contributed by atoms with Gasteiger partial charge in [-0.3, -0.25) is 9.69 Å². The molecule has 0 amide bonds. The van der Waals surface area contributed by atoms with Crippen LogP contribution in [0.4, 0.5) is 0 Å². The fourth-order valence-corrected chi connectivity index (χ4v) is 3.68. The minimum Gasteiger partial charge on any atom is -0.361 e. The van der Waals surface area contributed by atoms with Gasteiger partial charge in [-0.15, -0.1) is 0 Å². The number of pyridine rings is 1. The summed E-state index contributed by atoms with van der Waals surface area (Å²) in [7, 11) is 0. The van der Waals surface area contributed by atoms with Gasteiger partial charge < -0.3 is 4.98 Å². The highest BCUT2D eigenvalue weighted by molar-refractivity contribution is 5.15. The monoisotopic (exact) mass is 246 g/mol. The number of aromatic amines is 1. The summed E-state index contributed by atoms with van der Waals surface area (Å²) in [5, 5.41) is 0. The number of hydrogen-bond donors (Lipinski definition) is 1. The molecule has 0 aromatic carbocycles. The van der Waals surface area contributed by atoms with Gasteiger partial charge in [0.25, 0.3) is 0 Å². The van der Waals surface area contributed by atoms with E-state index in [2.05, 4.69) is 9.88 Å². The molecule has 18 heavy (non-hydrogen) atoms. The molecule has 1 aromatic rings. The Balaban J connectivity index is 1.87. The number of aryl methyl sites for hydroxylation is 1. The van der Waals surface area contributed by atoms with Crippen LogP contribution in [0.5, 0.6) is 0 Å². The quantitative estimate of drug-likeness (QED) is 0.871. The Kier molecular flexibility index (Phi) is 3.25. The van der Waals surface area contributed by atoms with Crippen LogP contribution in [0.25, 0.3) is 0 Å². The Bertz CT molecular complexity index is 474. The zero-order valence-corrected chi connectivity index (χ0v) is 11.1. The third-order valence-electron chi connectivity index (χ3n) is 4.44. The summed E-state index contributed by atoms with van der Waals surface area (Å²) >= 11 is 0. The summed E-state index contributed by atoms with van der Waals surface area (Å²) in [5.41, 5.74) is 2.25. The molecule has 1 aromatic heterocycles. The maximum Gasteiger partial charge on any atom is 0.182 e. The summed E-state index contributed by atoms with van der Waals surface area (Å²) in [6.07, 6.45) is 7.88. The lowest BCUT2D eigenvalue weighted by Gasteiger charge is -2.30. The van der Waals surface area contributed by atoms with E-state index in [1.807, 2.05) is 6.92 Å². The van der Waals surface area contributed by atoms with E-state index >= 15 is 0 Å². The van der Waals surface area contributed by atoms with E-state index in [0.29, 0.717) is 6.04 Å². The zero-order chi connectivity index (χ0) is 12.5. The van der Waals surface area contributed by atoms with Crippen molar-refractivity contribution in [2.45, 2.75) is 57.5 Å². The molecule has 0 unspecified atom stereocenters. The lowest BCUT2D eigenvalue weighted by atomic mass is 10.1. The number of nitrogens with one attached hydrogen (secondary N) is 1. The average molecular weight is 246 g/mol. The molecular formula is C15H22N2O. The lowest BCUT2D eigenvalue weighted by molar-refractivity contribution is 0.179. The Morgan fingerprint density at radius 2 is 1.94 bits per heavy atom. The second-order valence-electron chi connectivity index (χ2n) is 5.79. The highest BCUT2D eigenvalue weighted by atomic mass is 16.1. The van der Waals surface area contributed by atoms with E-state index in [1.54, 1.807) is 12.1 Å². The molecule has 98 valence electrons. The van der Waals surface area contributed by atoms with Gasteiger partial charge in [0, 0.05) is 29.6 Å². The minimum absolute atomic E-state index is 0.138. The highest BCUT2D eigenvalue weighted by Gasteiger charge is 2.33. The predicted molar refractivity (Wildman–Crippen MR) is 72.7 cm³/mol. The van der Waals surface area contributed by atoms with Crippen LogP contribution in [-0.2, 0) is 0 Å². The second-order valence-corrected chi connectivity index (χ2v) is 5.79. The maximum absolute atomic E-state index is 11.7. The SMILES string of the molecule is Cc1cc(=O)cc([C@H]2CCCN2C2CCCC2)[nH]1. The fraction of sp³-hybridized carbons (Fsp3) is 0.667. The van der Waals surface area contributed by atoms with E-state index < -0.39 is 0 Å². The van der Waals surface area contributed by atoms with Crippen LogP contribution in [0.3, 0.4) is 0 Å². The summed E-state index contributed by atoms with van der Waals surface area (Å²) in [4.78, 5) is 17.7. The van der Waals surface area contributed by atoms with Gasteiger partial charge in [0.1, 0.15) is 0 Å². The predicted octanol–water partition coefficient (Wildman–Crippen LogP) is 2.76. The standard InChI is InChI=1S/C15H22N2O/c1-11-9-13(18)10-14(16-11)15-7-4-8-17(15)12-5-2-3-6-12/h9-10,12,15H,2-8H2,1H3,(H,16,18)/t15-/m1/s1. The fourth-order valence-electron chi connectivity index (χ4n) is 3.68. The summed E-state index contributed by atoms with van der Waals surface area (Å²) in [6, 6.07) is 4.67. The molecule has 0 bridgehead atoms. The second kappa shape index (κ2) is 4.88. The van der Waals surface area contributed by atoms with Crippen molar-refractivity contribution in [3.63, 3.8) is 0 Å². The Labute approximate surface area is 108 Å². The number of nitrogens with zero attached hydrogens (tertiary/aromatic N) is 1. The molecule has 1 N–H and O–H groups in total. The van der Waals surface area contributed by atoms with Crippen molar-refractivity contribution in [1.82, 2.24) is 9.88 Å². The lowest BCUT2D eigenvalue weighted by Crippen LogP contribution is -2.33. The van der Waals surface area contributed by atoms with Crippen molar-refractivity contribution < 1.29 is 0 Å². The van der Waals surface area contributed by atoms with Crippen molar-refractivity contribution in [3.8, 4) is 0 Å². The largest absolute Gasteiger partial charge is 0.361 e. The van der Waals surface area contributed by atoms with Gasteiger partial charge in [-0.05, 0) is 39.2 Å². The normalized spacial score (nSPS) is 25.9. The molecule has 1 saturated heterocycles. The van der Waals surface area contributed by atoms with E-state index in [4.69, 9.17) is 0 Å². The van der Waals surface area contributed by atoms with E-state index in [-0.39, 0.29) is 5.43 Å². The van der Waals surface area contributed by atoms with E-state index in [1.165, 1.54) is 45.1 Å². The van der Waals surface area contributed by atoms with Crippen molar-refractivity contribution in [2.24, 2.45) is 0 Å². The molecule has 1 aliphatic heterocycles. The summed E-state index contributed by atoms with van der Waals surface area (Å²) < 4.78 is 0. The van der Waals surface area contributed by atoms with Crippen LogP contribution in [0.2, 0.25) is 0 Å². The molecule has 2 heterocycles. The smallest absolute Gasteiger partial charge is 0.182 e. The van der Waals surface area contributed by atoms with Gasteiger partial charge in [0.2, 0.25) is 0 Å². The van der Waals surface area contributed by atoms with Crippen molar-refractivity contribution in [1.29, 1.82) is 0 Å². The first kappa shape index (κ1) is 12.0. The zero-order valence-electron chi connectivity index (χ0n) is 11.1. The molecule has 3 heteroatoms. The number of rotatable bonds is 2. The summed E-state index contributed by atoms with van der Waals surface area (Å²) in [5.74, 6) is 0. The van der Waals surface area contributed by atoms with Gasteiger partial charge in [-0.25, -0.2) is 0 Å². The Morgan fingerprint density at radius 3 is 2.67 bits per heavy atom. The van der Waals surface area contributed by atoms with E-state index in [0.717, 1.165) is 17.4 Å². The third-order valence-corrected chi connectivity index (χ3v) is 4.44. The van der Waals surface area contributed by atoms with Crippen LogP contribution in [0.1, 0.15) is 56.0 Å². The van der Waals surface area contributed by atoms with E-state index in [9.17, 15) is 4.79 Å². The molecule has 3 rings (SSSR count). The molecule has 1 aliphatic carbocycles. The maximum atomic E-state index is 11.7. The molecule has 0 radical (unpaired) electrons. The van der Waals surface area contributed by atoms with Crippen LogP contribution in [0, 0.1) is 6.92 Å². The number of H-pyrrole nitrogens is 1. The van der Waals surface area contributed by atoms with Crippen molar-refractivity contribution in [2.75, 3.05) is 6.54 Å². The molecular weight excluding hydrogens is 224 g/mol. The minimum atomic E-state index is 0.138. The third kappa shape index (κ3) is 2.24. The summed E-state index contributed by atoms with van der Waals surface area (Å²) in [6.45, 7) is 3.17. The van der Waals surface area contributed by atoms with Crippen LogP contribution in [0.15, 0.2) is 16.9 Å². The van der Waals surface area contributed by atoms with Gasteiger partial charge in [-0.1, -0.05) is 12.8 Å². The number of likely N-dealkylation sites (tertiary alicyclic amines) is 1. The topological polar surface area (TPSA) is 36.1 Å². The van der Waals surface area contributed by atoms with Gasteiger partial charge in [0.05, 0.1) is 6.04 Å². The van der Waals surface area contributed by atoms with Crippen LogP contribution in [-0.4, -0.2) is 22.5 Å². The van der Waals surface area contributed by atoms with Gasteiger partial charge >= 0.3 is 0 Å². The Hall–Kier alpha value is -1.09. The molecule has 2 fully saturated rings. The van der Waals surface area contributed by atoms with Crippen LogP contribution >= 0.6 is 0 Å². The number of hydrogen-bond acceptors (Lipinski definition) is 2. The highest BCUT2D eigenvalue weighted by Crippen LogP contribution is 2.37. The number of aromatic nitrogens is 1. The van der Waals surface area contributed by atoms with Gasteiger partial charge in [-0.2, -0.15) is 0 Å². The molecule has 3 nitrogen and oxygen atoms in total. The molecule has 1 atom stereocenters. The molecule has 1 saturated carbocycles.